The highest BCUT2D eigenvalue weighted by Crippen LogP contribution is 2.38. The van der Waals surface area contributed by atoms with E-state index in [4.69, 9.17) is 14.6 Å². The van der Waals surface area contributed by atoms with E-state index in [1.807, 2.05) is 51.1 Å². The molecule has 0 aliphatic heterocycles. The second-order valence-electron chi connectivity index (χ2n) is 8.08. The predicted molar refractivity (Wildman–Crippen MR) is 106 cm³/mol. The van der Waals surface area contributed by atoms with Gasteiger partial charge in [-0.1, -0.05) is 30.3 Å². The van der Waals surface area contributed by atoms with Crippen LogP contribution >= 0.6 is 0 Å². The molecule has 1 aliphatic rings. The first-order valence-corrected chi connectivity index (χ1v) is 9.84. The molecular weight excluding hydrogens is 360 g/mol. The van der Waals surface area contributed by atoms with Crippen LogP contribution in [0.3, 0.4) is 0 Å². The summed E-state index contributed by atoms with van der Waals surface area (Å²) in [4.78, 5) is 26.5. The van der Waals surface area contributed by atoms with Gasteiger partial charge in [-0.25, -0.2) is 9.59 Å². The maximum atomic E-state index is 12.9. The summed E-state index contributed by atoms with van der Waals surface area (Å²) in [6.07, 6.45) is 1.52. The minimum atomic E-state index is -0.536. The number of hydrogen-bond donors (Lipinski definition) is 2. The van der Waals surface area contributed by atoms with Crippen LogP contribution in [0.2, 0.25) is 0 Å². The number of alkyl carbamates (subject to hydrolysis) is 1. The second-order valence-corrected chi connectivity index (χ2v) is 8.08. The summed E-state index contributed by atoms with van der Waals surface area (Å²) in [7, 11) is 0. The van der Waals surface area contributed by atoms with E-state index < -0.39 is 11.6 Å². The topological polar surface area (TPSA) is 88.1 Å². The Balaban J connectivity index is 1.99. The van der Waals surface area contributed by atoms with Gasteiger partial charge in [-0.3, -0.25) is 4.90 Å². The molecule has 1 fully saturated rings. The Morgan fingerprint density at radius 1 is 1.21 bits per heavy atom. The van der Waals surface area contributed by atoms with E-state index in [0.717, 1.165) is 18.4 Å². The number of hydrogen-bond acceptors (Lipinski definition) is 5. The largest absolute Gasteiger partial charge is 0.449 e. The van der Waals surface area contributed by atoms with E-state index in [-0.39, 0.29) is 32.0 Å². The number of ether oxygens (including phenoxy) is 2. The number of aliphatic hydroxyl groups excluding tert-OH is 1. The molecule has 1 aromatic rings. The van der Waals surface area contributed by atoms with E-state index in [1.54, 1.807) is 4.90 Å². The molecule has 7 nitrogen and oxygen atoms in total. The van der Waals surface area contributed by atoms with E-state index in [9.17, 15) is 9.59 Å². The Kier molecular flexibility index (Phi) is 8.11. The minimum absolute atomic E-state index is 0.0248. The zero-order valence-corrected chi connectivity index (χ0v) is 17.0. The third kappa shape index (κ3) is 7.03. The van der Waals surface area contributed by atoms with Crippen LogP contribution in [-0.2, 0) is 16.1 Å². The molecule has 0 aromatic heterocycles. The lowest BCUT2D eigenvalue weighted by molar-refractivity contribution is 0.0331. The standard InChI is InChI=1S/C21H32N2O5/c1-21(2,3)23(20(26)28-15-16-8-5-4-6-9-16)18(17-10-11-17)14-22-19(25)27-13-7-12-24/h4-6,8-9,17-18,24H,7,10-15H2,1-3H3,(H,22,25). The van der Waals surface area contributed by atoms with E-state index in [1.165, 1.54) is 0 Å². The summed E-state index contributed by atoms with van der Waals surface area (Å²) >= 11 is 0. The number of carbonyl (C=O) groups is 2. The molecule has 156 valence electrons. The quantitative estimate of drug-likeness (QED) is 0.630. The van der Waals surface area contributed by atoms with Crippen molar-refractivity contribution in [3.63, 3.8) is 0 Å². The fourth-order valence-electron chi connectivity index (χ4n) is 3.11. The lowest BCUT2D eigenvalue weighted by atomic mass is 10.0. The molecule has 7 heteroatoms. The van der Waals surface area contributed by atoms with Crippen molar-refractivity contribution in [2.45, 2.75) is 58.2 Å². The number of aliphatic hydroxyl groups is 1. The van der Waals surface area contributed by atoms with E-state index in [0.29, 0.717) is 18.9 Å². The van der Waals surface area contributed by atoms with Crippen molar-refractivity contribution in [2.24, 2.45) is 5.92 Å². The Labute approximate surface area is 167 Å². The van der Waals surface area contributed by atoms with Crippen LogP contribution in [0.5, 0.6) is 0 Å². The number of nitrogens with zero attached hydrogens (tertiary/aromatic N) is 1. The van der Waals surface area contributed by atoms with Crippen LogP contribution in [0.25, 0.3) is 0 Å². The molecule has 0 heterocycles. The molecule has 1 atom stereocenters. The highest BCUT2D eigenvalue weighted by Gasteiger charge is 2.43. The van der Waals surface area contributed by atoms with Crippen LogP contribution < -0.4 is 5.32 Å². The van der Waals surface area contributed by atoms with Gasteiger partial charge in [-0.15, -0.1) is 0 Å². The Bertz CT molecular complexity index is 625. The second kappa shape index (κ2) is 10.3. The van der Waals surface area contributed by atoms with Crippen LogP contribution in [0.4, 0.5) is 9.59 Å². The van der Waals surface area contributed by atoms with Crippen molar-refractivity contribution >= 4 is 12.2 Å². The molecule has 2 rings (SSSR count). The normalized spacial score (nSPS) is 14.9. The minimum Gasteiger partial charge on any atom is -0.449 e. The summed E-state index contributed by atoms with van der Waals surface area (Å²) in [6.45, 7) is 6.55. The van der Waals surface area contributed by atoms with Gasteiger partial charge in [-0.2, -0.15) is 0 Å². The maximum absolute atomic E-state index is 12.9. The number of amides is 2. The highest BCUT2D eigenvalue weighted by molar-refractivity contribution is 5.70. The van der Waals surface area contributed by atoms with Crippen molar-refractivity contribution in [3.8, 4) is 0 Å². The molecule has 1 saturated carbocycles. The Morgan fingerprint density at radius 2 is 1.89 bits per heavy atom. The van der Waals surface area contributed by atoms with E-state index in [2.05, 4.69) is 5.32 Å². The first kappa shape index (κ1) is 22.0. The van der Waals surface area contributed by atoms with Gasteiger partial charge in [0.1, 0.15) is 6.61 Å². The molecule has 28 heavy (non-hydrogen) atoms. The van der Waals surface area contributed by atoms with Crippen LogP contribution in [0.1, 0.15) is 45.6 Å². The lowest BCUT2D eigenvalue weighted by Gasteiger charge is -2.41. The molecule has 0 spiro atoms. The summed E-state index contributed by atoms with van der Waals surface area (Å²) < 4.78 is 10.6. The molecule has 2 N–H and O–H groups in total. The summed E-state index contributed by atoms with van der Waals surface area (Å²) in [5.74, 6) is 0.334. The third-order valence-electron chi connectivity index (χ3n) is 4.61. The van der Waals surface area contributed by atoms with Gasteiger partial charge in [0.15, 0.2) is 0 Å². The molecule has 0 bridgehead atoms. The van der Waals surface area contributed by atoms with Crippen LogP contribution in [-0.4, -0.2) is 53.5 Å². The lowest BCUT2D eigenvalue weighted by Crippen LogP contribution is -2.56. The highest BCUT2D eigenvalue weighted by atomic mass is 16.6. The molecule has 1 aromatic carbocycles. The van der Waals surface area contributed by atoms with Gasteiger partial charge < -0.3 is 19.9 Å². The van der Waals surface area contributed by atoms with Gasteiger partial charge in [-0.05, 0) is 45.1 Å². The number of benzene rings is 1. The predicted octanol–water partition coefficient (Wildman–Crippen LogP) is 3.31. The number of nitrogens with one attached hydrogen (secondary N) is 1. The Morgan fingerprint density at radius 3 is 2.46 bits per heavy atom. The molecular formula is C21H32N2O5. The summed E-state index contributed by atoms with van der Waals surface area (Å²) in [5.41, 5.74) is 0.474. The molecule has 2 amide bonds. The van der Waals surface area contributed by atoms with Gasteiger partial charge in [0.05, 0.1) is 12.6 Å². The van der Waals surface area contributed by atoms with Gasteiger partial charge in [0.25, 0.3) is 0 Å². The van der Waals surface area contributed by atoms with Crippen LogP contribution in [0, 0.1) is 5.92 Å². The summed E-state index contributed by atoms with van der Waals surface area (Å²) in [6, 6.07) is 9.40. The van der Waals surface area contributed by atoms with Crippen molar-refractivity contribution in [3.05, 3.63) is 35.9 Å². The fourth-order valence-corrected chi connectivity index (χ4v) is 3.11. The number of rotatable bonds is 9. The number of carbonyl (C=O) groups excluding carboxylic acids is 2. The molecule has 1 aliphatic carbocycles. The van der Waals surface area contributed by atoms with Crippen molar-refractivity contribution in [1.82, 2.24) is 10.2 Å². The zero-order chi connectivity index (χ0) is 20.6. The third-order valence-corrected chi connectivity index (χ3v) is 4.61. The molecule has 1 unspecified atom stereocenters. The average Bonchev–Trinajstić information content (AvgIpc) is 3.48. The monoisotopic (exact) mass is 392 g/mol. The SMILES string of the molecule is CC(C)(C)N(C(=O)OCc1ccccc1)C(CNC(=O)OCCCO)C1CC1. The van der Waals surface area contributed by atoms with Crippen molar-refractivity contribution in [1.29, 1.82) is 0 Å². The van der Waals surface area contributed by atoms with Crippen LogP contribution in [0.15, 0.2) is 30.3 Å². The molecule has 0 radical (unpaired) electrons. The van der Waals surface area contributed by atoms with E-state index >= 15 is 0 Å². The average molecular weight is 392 g/mol. The Hall–Kier alpha value is -2.28. The zero-order valence-electron chi connectivity index (χ0n) is 17.0. The van der Waals surface area contributed by atoms with Gasteiger partial charge in [0.2, 0.25) is 0 Å². The maximum Gasteiger partial charge on any atom is 0.410 e. The first-order valence-electron chi connectivity index (χ1n) is 9.84. The first-order chi connectivity index (χ1) is 13.3. The fraction of sp³-hybridized carbons (Fsp3) is 0.619. The van der Waals surface area contributed by atoms with Crippen molar-refractivity contribution < 1.29 is 24.2 Å². The van der Waals surface area contributed by atoms with Gasteiger partial charge >= 0.3 is 12.2 Å². The smallest absolute Gasteiger partial charge is 0.410 e. The van der Waals surface area contributed by atoms with Crippen molar-refractivity contribution in [2.75, 3.05) is 19.8 Å². The molecule has 0 saturated heterocycles. The van der Waals surface area contributed by atoms with Gasteiger partial charge in [0, 0.05) is 25.1 Å². The summed E-state index contributed by atoms with van der Waals surface area (Å²) in [5, 5.41) is 11.5.